The smallest absolute Gasteiger partial charge is 0.135 e. The Hall–Kier alpha value is -7.56. The molecule has 0 saturated carbocycles. The van der Waals surface area contributed by atoms with Gasteiger partial charge in [-0.1, -0.05) is 115 Å². The van der Waals surface area contributed by atoms with Crippen LogP contribution in [0, 0.1) is 0 Å². The first-order chi connectivity index (χ1) is 28.2. The largest absolute Gasteiger partial charge is 0.456 e. The molecule has 3 heterocycles. The summed E-state index contributed by atoms with van der Waals surface area (Å²) in [4.78, 5) is 2.45. The predicted molar refractivity (Wildman–Crippen MR) is 236 cm³/mol. The first kappa shape index (κ1) is 31.8. The quantitative estimate of drug-likeness (QED) is 0.191. The zero-order valence-electron chi connectivity index (χ0n) is 30.8. The Morgan fingerprint density at radius 1 is 0.386 bits per heavy atom. The van der Waals surface area contributed by atoms with Crippen molar-refractivity contribution in [3.8, 4) is 33.4 Å². The summed E-state index contributed by atoms with van der Waals surface area (Å²) in [6.07, 6.45) is -0.195. The fourth-order valence-corrected chi connectivity index (χ4v) is 8.89. The van der Waals surface area contributed by atoms with Gasteiger partial charge in [-0.3, -0.25) is 0 Å². The second-order valence-electron chi connectivity index (χ2n) is 15.0. The number of furan rings is 2. The molecule has 1 unspecified atom stereocenters. The lowest BCUT2D eigenvalue weighted by molar-refractivity contribution is 0.668. The average Bonchev–Trinajstić information content (AvgIpc) is 3.97. The Kier molecular flexibility index (Phi) is 6.96. The third-order valence-corrected chi connectivity index (χ3v) is 11.6. The molecule has 9 aromatic carbocycles. The summed E-state index contributed by atoms with van der Waals surface area (Å²) >= 11 is 0. The van der Waals surface area contributed by atoms with Crippen LogP contribution in [0.15, 0.2) is 203 Å². The van der Waals surface area contributed by atoms with Gasteiger partial charge < -0.3 is 19.1 Å². The second-order valence-corrected chi connectivity index (χ2v) is 15.0. The molecule has 0 radical (unpaired) electrons. The maximum absolute atomic E-state index is 6.25. The number of benzene rings is 9. The van der Waals surface area contributed by atoms with Crippen molar-refractivity contribution in [2.24, 2.45) is 0 Å². The van der Waals surface area contributed by atoms with E-state index < -0.39 is 0 Å². The number of fused-ring (bicyclic) bond motifs is 8. The highest BCUT2D eigenvalue weighted by atomic mass is 16.3. The molecule has 57 heavy (non-hydrogen) atoms. The van der Waals surface area contributed by atoms with E-state index in [2.05, 4.69) is 180 Å². The normalized spacial score (nSPS) is 13.9. The average molecular weight is 731 g/mol. The summed E-state index contributed by atoms with van der Waals surface area (Å²) in [5, 5.41) is 11.0. The molecule has 1 aliphatic rings. The molecule has 0 amide bonds. The summed E-state index contributed by atoms with van der Waals surface area (Å²) in [6.45, 7) is 0. The maximum atomic E-state index is 6.25. The molecule has 0 aliphatic carbocycles. The van der Waals surface area contributed by atoms with Crippen molar-refractivity contribution in [1.82, 2.24) is 0 Å². The fourth-order valence-electron chi connectivity index (χ4n) is 8.89. The van der Waals surface area contributed by atoms with Gasteiger partial charge in [0.05, 0.1) is 11.4 Å². The summed E-state index contributed by atoms with van der Waals surface area (Å²) in [7, 11) is 0. The fraction of sp³-hybridized carbons (Fsp3) is 0.0189. The van der Waals surface area contributed by atoms with Gasteiger partial charge in [-0.25, -0.2) is 0 Å². The van der Waals surface area contributed by atoms with Crippen molar-refractivity contribution in [3.63, 3.8) is 0 Å². The van der Waals surface area contributed by atoms with Crippen LogP contribution >= 0.6 is 0 Å². The van der Waals surface area contributed by atoms with Crippen molar-refractivity contribution in [2.75, 3.05) is 10.2 Å². The Bertz CT molecular complexity index is 3230. The Morgan fingerprint density at radius 3 is 1.65 bits per heavy atom. The summed E-state index contributed by atoms with van der Waals surface area (Å²) in [5.41, 5.74) is 15.0. The lowest BCUT2D eigenvalue weighted by Crippen LogP contribution is -2.23. The van der Waals surface area contributed by atoms with Crippen LogP contribution in [0.5, 0.6) is 0 Å². The van der Waals surface area contributed by atoms with Gasteiger partial charge in [0.15, 0.2) is 0 Å². The third-order valence-electron chi connectivity index (χ3n) is 11.6. The summed E-state index contributed by atoms with van der Waals surface area (Å²) in [6, 6.07) is 69.4. The number of anilines is 3. The van der Waals surface area contributed by atoms with E-state index in [1.165, 1.54) is 21.9 Å². The minimum atomic E-state index is -0.195. The zero-order valence-corrected chi connectivity index (χ0v) is 30.8. The number of hydrogen-bond donors (Lipinski definition) is 1. The number of nitrogens with zero attached hydrogens (tertiary/aromatic N) is 1. The van der Waals surface area contributed by atoms with Crippen LogP contribution in [-0.4, -0.2) is 0 Å². The van der Waals surface area contributed by atoms with Gasteiger partial charge in [0.2, 0.25) is 0 Å². The van der Waals surface area contributed by atoms with E-state index in [1.807, 2.05) is 24.3 Å². The minimum Gasteiger partial charge on any atom is -0.456 e. The van der Waals surface area contributed by atoms with E-state index in [0.717, 1.165) is 88.8 Å². The van der Waals surface area contributed by atoms with Crippen LogP contribution in [0.3, 0.4) is 0 Å². The maximum Gasteiger partial charge on any atom is 0.135 e. The second kappa shape index (κ2) is 12.5. The number of nitrogens with one attached hydrogen (secondary N) is 1. The van der Waals surface area contributed by atoms with Crippen molar-refractivity contribution >= 4 is 71.7 Å². The molecule has 0 saturated heterocycles. The first-order valence-electron chi connectivity index (χ1n) is 19.4. The molecule has 1 N–H and O–H groups in total. The zero-order chi connectivity index (χ0) is 37.5. The van der Waals surface area contributed by atoms with Gasteiger partial charge >= 0.3 is 0 Å². The van der Waals surface area contributed by atoms with Gasteiger partial charge in [0, 0.05) is 32.8 Å². The SMILES string of the molecule is c1ccc(N2c3cccc(-c4ccc5ccccc5c4)c3NC2c2cc(-c3ccc4oc5ccccc5c4c3)cc(-c3ccc4oc5ccccc5c4c3)c2)cc1. The molecule has 1 atom stereocenters. The third kappa shape index (κ3) is 5.15. The number of para-hydroxylation sites is 4. The van der Waals surface area contributed by atoms with E-state index in [1.54, 1.807) is 0 Å². The van der Waals surface area contributed by atoms with E-state index in [9.17, 15) is 0 Å². The Balaban J connectivity index is 1.07. The van der Waals surface area contributed by atoms with E-state index in [-0.39, 0.29) is 6.17 Å². The van der Waals surface area contributed by atoms with Crippen molar-refractivity contribution in [3.05, 3.63) is 200 Å². The molecule has 4 nitrogen and oxygen atoms in total. The molecule has 0 fully saturated rings. The van der Waals surface area contributed by atoms with E-state index >= 15 is 0 Å². The Labute approximate surface area is 328 Å². The van der Waals surface area contributed by atoms with Crippen molar-refractivity contribution in [2.45, 2.75) is 6.17 Å². The highest BCUT2D eigenvalue weighted by Gasteiger charge is 2.33. The highest BCUT2D eigenvalue weighted by Crippen LogP contribution is 2.51. The van der Waals surface area contributed by atoms with Crippen molar-refractivity contribution < 1.29 is 8.83 Å². The molecule has 0 bridgehead atoms. The van der Waals surface area contributed by atoms with Gasteiger partial charge in [0.1, 0.15) is 28.5 Å². The number of hydrogen-bond acceptors (Lipinski definition) is 4. The van der Waals surface area contributed by atoms with Gasteiger partial charge in [-0.15, -0.1) is 0 Å². The molecular weight excluding hydrogens is 697 g/mol. The van der Waals surface area contributed by atoms with Crippen LogP contribution in [0.4, 0.5) is 17.1 Å². The van der Waals surface area contributed by atoms with Crippen LogP contribution < -0.4 is 10.2 Å². The number of rotatable bonds is 5. The van der Waals surface area contributed by atoms with Crippen molar-refractivity contribution in [1.29, 1.82) is 0 Å². The predicted octanol–water partition coefficient (Wildman–Crippen LogP) is 14.9. The lowest BCUT2D eigenvalue weighted by Gasteiger charge is -2.28. The highest BCUT2D eigenvalue weighted by molar-refractivity contribution is 6.08. The van der Waals surface area contributed by atoms with E-state index in [4.69, 9.17) is 8.83 Å². The van der Waals surface area contributed by atoms with Crippen LogP contribution in [-0.2, 0) is 0 Å². The van der Waals surface area contributed by atoms with Gasteiger partial charge in [0.25, 0.3) is 0 Å². The topological polar surface area (TPSA) is 41.5 Å². The first-order valence-corrected chi connectivity index (χ1v) is 19.4. The molecule has 1 aliphatic heterocycles. The molecule has 11 aromatic rings. The Morgan fingerprint density at radius 2 is 0.965 bits per heavy atom. The standard InChI is InChI=1S/C53H34N2O2/c1-2-13-41(14-3-1)55-47-18-10-17-42(37-22-21-33-11-4-5-12-34(33)27-37)52(47)54-53(55)40-29-38(35-23-25-50-45(31-35)43-15-6-8-19-48(43)56-50)28-39(30-40)36-24-26-51-46(32-36)44-16-7-9-20-49(44)57-51/h1-32,53-54H. The molecule has 2 aromatic heterocycles. The summed E-state index contributed by atoms with van der Waals surface area (Å²) < 4.78 is 12.5. The molecule has 0 spiro atoms. The van der Waals surface area contributed by atoms with Gasteiger partial charge in [-0.05, 0) is 123 Å². The summed E-state index contributed by atoms with van der Waals surface area (Å²) in [5.74, 6) is 0. The molecular formula is C53H34N2O2. The monoisotopic (exact) mass is 730 g/mol. The van der Waals surface area contributed by atoms with Crippen LogP contribution in [0.1, 0.15) is 11.7 Å². The molecule has 268 valence electrons. The molecule has 4 heteroatoms. The van der Waals surface area contributed by atoms with E-state index in [0.29, 0.717) is 0 Å². The van der Waals surface area contributed by atoms with Crippen LogP contribution in [0.25, 0.3) is 88.0 Å². The molecule has 12 rings (SSSR count). The van der Waals surface area contributed by atoms with Gasteiger partial charge in [-0.2, -0.15) is 0 Å². The lowest BCUT2D eigenvalue weighted by atomic mass is 9.93. The minimum absolute atomic E-state index is 0.195. The van der Waals surface area contributed by atoms with Crippen LogP contribution in [0.2, 0.25) is 0 Å².